The van der Waals surface area contributed by atoms with Gasteiger partial charge in [-0.15, -0.1) is 0 Å². The Labute approximate surface area is 103 Å². The summed E-state index contributed by atoms with van der Waals surface area (Å²) in [5.74, 6) is 0.0933. The van der Waals surface area contributed by atoms with Crippen molar-refractivity contribution in [2.45, 2.75) is 27.2 Å². The van der Waals surface area contributed by atoms with Crippen LogP contribution in [0.5, 0.6) is 0 Å². The van der Waals surface area contributed by atoms with Crippen molar-refractivity contribution >= 4 is 17.1 Å². The highest BCUT2D eigenvalue weighted by molar-refractivity contribution is 5.85. The summed E-state index contributed by atoms with van der Waals surface area (Å²) < 4.78 is 0. The lowest BCUT2D eigenvalue weighted by Gasteiger charge is -2.07. The van der Waals surface area contributed by atoms with E-state index < -0.39 is 0 Å². The van der Waals surface area contributed by atoms with Gasteiger partial charge >= 0.3 is 0 Å². The van der Waals surface area contributed by atoms with Crippen LogP contribution in [0.2, 0.25) is 0 Å². The molecule has 0 heterocycles. The molecule has 1 heteroatoms. The molecule has 0 spiro atoms. The fourth-order valence-corrected chi connectivity index (χ4v) is 1.87. The molecule has 0 N–H and O–H groups in total. The Bertz CT molecular complexity index is 468. The average molecular weight is 228 g/mol. The first-order chi connectivity index (χ1) is 8.31. The summed E-state index contributed by atoms with van der Waals surface area (Å²) in [5, 5.41) is 2.50. The second kappa shape index (κ2) is 6.85. The maximum atomic E-state index is 10.6. The highest BCUT2D eigenvalue weighted by Crippen LogP contribution is 2.20. The minimum Gasteiger partial charge on any atom is -0.303 e. The Morgan fingerprint density at radius 1 is 1.06 bits per heavy atom. The molecule has 0 aliphatic rings. The van der Waals surface area contributed by atoms with Gasteiger partial charge in [0.2, 0.25) is 0 Å². The first-order valence-electron chi connectivity index (χ1n) is 6.23. The minimum atomic E-state index is 0.0933. The van der Waals surface area contributed by atoms with Gasteiger partial charge in [0, 0.05) is 5.92 Å². The Morgan fingerprint density at radius 3 is 2.41 bits per heavy atom. The van der Waals surface area contributed by atoms with Gasteiger partial charge in [-0.2, -0.15) is 0 Å². The van der Waals surface area contributed by atoms with Crippen molar-refractivity contribution in [3.05, 3.63) is 48.0 Å². The van der Waals surface area contributed by atoms with Gasteiger partial charge in [-0.1, -0.05) is 63.2 Å². The lowest BCUT2D eigenvalue weighted by Crippen LogP contribution is -2.00. The summed E-state index contributed by atoms with van der Waals surface area (Å²) >= 11 is 0. The molecule has 0 saturated carbocycles. The fraction of sp³-hybridized carbons (Fsp3) is 0.312. The second-order valence-electron chi connectivity index (χ2n) is 3.96. The van der Waals surface area contributed by atoms with E-state index >= 15 is 0 Å². The standard InChI is InChI=1S/C14H14O.C2H6/c1-11(10-15)9-13-7-4-6-12-5-2-3-8-14(12)13;1-2/h2-8,10-11H,9H2,1H3;1-2H3. The van der Waals surface area contributed by atoms with Crippen LogP contribution < -0.4 is 0 Å². The van der Waals surface area contributed by atoms with E-state index in [2.05, 4.69) is 30.3 Å². The van der Waals surface area contributed by atoms with Gasteiger partial charge in [-0.3, -0.25) is 0 Å². The third-order valence-electron chi connectivity index (χ3n) is 2.65. The number of carbonyl (C=O) groups is 1. The maximum Gasteiger partial charge on any atom is 0.123 e. The minimum absolute atomic E-state index is 0.0933. The van der Waals surface area contributed by atoms with E-state index in [1.165, 1.54) is 16.3 Å². The monoisotopic (exact) mass is 228 g/mol. The van der Waals surface area contributed by atoms with E-state index in [0.29, 0.717) is 0 Å². The number of hydrogen-bond donors (Lipinski definition) is 0. The van der Waals surface area contributed by atoms with Crippen molar-refractivity contribution in [2.24, 2.45) is 5.92 Å². The molecule has 1 atom stereocenters. The van der Waals surface area contributed by atoms with Crippen LogP contribution in [0.15, 0.2) is 42.5 Å². The predicted octanol–water partition coefficient (Wildman–Crippen LogP) is 4.24. The molecule has 0 saturated heterocycles. The predicted molar refractivity (Wildman–Crippen MR) is 74.2 cm³/mol. The summed E-state index contributed by atoms with van der Waals surface area (Å²) in [6.45, 7) is 5.95. The Hall–Kier alpha value is -1.63. The van der Waals surface area contributed by atoms with Crippen LogP contribution in [0, 0.1) is 5.92 Å². The topological polar surface area (TPSA) is 17.1 Å². The van der Waals surface area contributed by atoms with E-state index in [0.717, 1.165) is 12.7 Å². The van der Waals surface area contributed by atoms with Crippen molar-refractivity contribution in [3.8, 4) is 0 Å². The molecule has 1 nitrogen and oxygen atoms in total. The number of hydrogen-bond acceptors (Lipinski definition) is 1. The SMILES string of the molecule is CC.CC(C=O)Cc1cccc2ccccc12. The van der Waals surface area contributed by atoms with Crippen molar-refractivity contribution in [1.82, 2.24) is 0 Å². The fourth-order valence-electron chi connectivity index (χ4n) is 1.87. The highest BCUT2D eigenvalue weighted by Gasteiger charge is 2.04. The average Bonchev–Trinajstić information content (AvgIpc) is 2.41. The lowest BCUT2D eigenvalue weighted by molar-refractivity contribution is -0.110. The van der Waals surface area contributed by atoms with E-state index in [1.807, 2.05) is 32.9 Å². The molecule has 0 fully saturated rings. The van der Waals surface area contributed by atoms with Crippen LogP contribution in [-0.2, 0) is 11.2 Å². The zero-order chi connectivity index (χ0) is 12.7. The summed E-state index contributed by atoms with van der Waals surface area (Å²) in [6.07, 6.45) is 1.84. The van der Waals surface area contributed by atoms with Crippen molar-refractivity contribution < 1.29 is 4.79 Å². The molecule has 17 heavy (non-hydrogen) atoms. The molecule has 2 aromatic rings. The zero-order valence-corrected chi connectivity index (χ0v) is 10.8. The van der Waals surface area contributed by atoms with Crippen LogP contribution in [0.25, 0.3) is 10.8 Å². The molecule has 0 amide bonds. The zero-order valence-electron chi connectivity index (χ0n) is 10.8. The van der Waals surface area contributed by atoms with Gasteiger partial charge in [0.15, 0.2) is 0 Å². The van der Waals surface area contributed by atoms with Gasteiger partial charge in [-0.05, 0) is 22.8 Å². The third kappa shape index (κ3) is 3.42. The van der Waals surface area contributed by atoms with E-state index in [1.54, 1.807) is 0 Å². The quantitative estimate of drug-likeness (QED) is 0.718. The van der Waals surface area contributed by atoms with E-state index in [4.69, 9.17) is 0 Å². The van der Waals surface area contributed by atoms with Gasteiger partial charge in [0.25, 0.3) is 0 Å². The summed E-state index contributed by atoms with van der Waals surface area (Å²) in [4.78, 5) is 10.6. The van der Waals surface area contributed by atoms with Crippen LogP contribution in [0.4, 0.5) is 0 Å². The van der Waals surface area contributed by atoms with Crippen molar-refractivity contribution in [1.29, 1.82) is 0 Å². The number of aldehydes is 1. The maximum absolute atomic E-state index is 10.6. The smallest absolute Gasteiger partial charge is 0.123 e. The molecular weight excluding hydrogens is 208 g/mol. The Balaban J connectivity index is 0.000000686. The normalized spacial score (nSPS) is 11.5. The molecule has 2 rings (SSSR count). The number of rotatable bonds is 3. The van der Waals surface area contributed by atoms with Gasteiger partial charge in [0.05, 0.1) is 0 Å². The lowest BCUT2D eigenvalue weighted by atomic mass is 9.97. The number of carbonyl (C=O) groups excluding carboxylic acids is 1. The van der Waals surface area contributed by atoms with Gasteiger partial charge < -0.3 is 4.79 Å². The molecule has 0 aliphatic carbocycles. The first kappa shape index (κ1) is 13.4. The van der Waals surface area contributed by atoms with Crippen LogP contribution >= 0.6 is 0 Å². The number of fused-ring (bicyclic) bond motifs is 1. The molecule has 0 bridgehead atoms. The Kier molecular flexibility index (Phi) is 5.41. The first-order valence-corrected chi connectivity index (χ1v) is 6.23. The summed E-state index contributed by atoms with van der Waals surface area (Å²) in [7, 11) is 0. The van der Waals surface area contributed by atoms with Crippen LogP contribution in [0.3, 0.4) is 0 Å². The largest absolute Gasteiger partial charge is 0.303 e. The highest BCUT2D eigenvalue weighted by atomic mass is 16.1. The van der Waals surface area contributed by atoms with Crippen molar-refractivity contribution in [3.63, 3.8) is 0 Å². The molecule has 0 aromatic heterocycles. The van der Waals surface area contributed by atoms with E-state index in [-0.39, 0.29) is 5.92 Å². The molecule has 2 aromatic carbocycles. The van der Waals surface area contributed by atoms with Crippen LogP contribution in [-0.4, -0.2) is 6.29 Å². The molecule has 0 aliphatic heterocycles. The summed E-state index contributed by atoms with van der Waals surface area (Å²) in [5.41, 5.74) is 1.26. The molecule has 1 unspecified atom stereocenters. The molecule has 90 valence electrons. The van der Waals surface area contributed by atoms with Gasteiger partial charge in [0.1, 0.15) is 6.29 Å². The van der Waals surface area contributed by atoms with E-state index in [9.17, 15) is 4.79 Å². The van der Waals surface area contributed by atoms with Gasteiger partial charge in [-0.25, -0.2) is 0 Å². The number of benzene rings is 2. The molecular formula is C16H20O. The molecule has 0 radical (unpaired) electrons. The van der Waals surface area contributed by atoms with Crippen LogP contribution in [0.1, 0.15) is 26.3 Å². The Morgan fingerprint density at radius 2 is 1.71 bits per heavy atom. The van der Waals surface area contributed by atoms with Crippen molar-refractivity contribution in [2.75, 3.05) is 0 Å². The second-order valence-corrected chi connectivity index (χ2v) is 3.96. The summed E-state index contributed by atoms with van der Waals surface area (Å²) in [6, 6.07) is 14.5. The third-order valence-corrected chi connectivity index (χ3v) is 2.65.